The van der Waals surface area contributed by atoms with Gasteiger partial charge < -0.3 is 10.2 Å². The minimum Gasteiger partial charge on any atom is -0.480 e. The van der Waals surface area contributed by atoms with Crippen LogP contribution in [0.1, 0.15) is 52.4 Å². The first-order valence-corrected chi connectivity index (χ1v) is 8.26. The molecule has 0 fully saturated rings. The lowest BCUT2D eigenvalue weighted by Crippen LogP contribution is -2.55. The van der Waals surface area contributed by atoms with Crippen molar-refractivity contribution in [1.29, 1.82) is 0 Å². The molecule has 18 heavy (non-hydrogen) atoms. The first kappa shape index (κ1) is 18.4. The van der Waals surface area contributed by atoms with Crippen LogP contribution in [0.25, 0.3) is 0 Å². The van der Waals surface area contributed by atoms with Crippen LogP contribution in [0.4, 0.5) is 0 Å². The second kappa shape index (κ2) is 7.86. The third-order valence-electron chi connectivity index (χ3n) is 3.06. The maximum Gasteiger partial charge on any atom is 0.321 e. The van der Waals surface area contributed by atoms with Gasteiger partial charge in [0.15, 0.2) is 0 Å². The highest BCUT2D eigenvalue weighted by atomic mass is 127. The second-order valence-electron chi connectivity index (χ2n) is 4.42. The van der Waals surface area contributed by atoms with Gasteiger partial charge in [0.1, 0.15) is 6.84 Å². The summed E-state index contributed by atoms with van der Waals surface area (Å²) in [4.78, 5) is 23.1. The number of carboxylic acid groups (broad SMARTS) is 2. The average Bonchev–Trinajstić information content (AvgIpc) is 2.32. The summed E-state index contributed by atoms with van der Waals surface area (Å²) in [5.74, 6) is -2.05. The Hall–Kier alpha value is 0.400. The SMILES string of the molecule is CCCCC(I)(C(=O)O)C(I)(CCCC)C(=O)O. The van der Waals surface area contributed by atoms with Gasteiger partial charge in [-0.05, 0) is 12.8 Å². The van der Waals surface area contributed by atoms with Crippen LogP contribution in [-0.4, -0.2) is 29.0 Å². The van der Waals surface area contributed by atoms with E-state index in [4.69, 9.17) is 0 Å². The number of carbonyl (C=O) groups is 2. The predicted molar refractivity (Wildman–Crippen MR) is 87.8 cm³/mol. The molecule has 4 nitrogen and oxygen atoms in total. The van der Waals surface area contributed by atoms with E-state index in [2.05, 4.69) is 0 Å². The molecule has 0 aliphatic rings. The second-order valence-corrected chi connectivity index (χ2v) is 8.10. The molecule has 0 saturated heterocycles. The molecule has 0 saturated carbocycles. The molecule has 0 aromatic heterocycles. The standard InChI is InChI=1S/C12H20I2O4/c1-3-5-7-11(13,9(15)16)12(14,10(17)18)8-6-4-2/h3-8H2,1-2H3,(H,15,16)(H,17,18). The van der Waals surface area contributed by atoms with E-state index < -0.39 is 18.8 Å². The van der Waals surface area contributed by atoms with E-state index in [0.717, 1.165) is 25.7 Å². The monoisotopic (exact) mass is 482 g/mol. The maximum absolute atomic E-state index is 11.6. The van der Waals surface area contributed by atoms with Gasteiger partial charge in [-0.2, -0.15) is 0 Å². The largest absolute Gasteiger partial charge is 0.480 e. The van der Waals surface area contributed by atoms with E-state index in [1.54, 1.807) is 0 Å². The Morgan fingerprint density at radius 2 is 1.17 bits per heavy atom. The fourth-order valence-electron chi connectivity index (χ4n) is 1.79. The summed E-state index contributed by atoms with van der Waals surface area (Å²) in [5, 5.41) is 18.9. The van der Waals surface area contributed by atoms with Crippen molar-refractivity contribution < 1.29 is 19.8 Å². The topological polar surface area (TPSA) is 74.6 Å². The number of hydrogen-bond acceptors (Lipinski definition) is 2. The Morgan fingerprint density at radius 3 is 1.33 bits per heavy atom. The molecule has 0 radical (unpaired) electrons. The molecule has 2 unspecified atom stereocenters. The van der Waals surface area contributed by atoms with Gasteiger partial charge in [0.05, 0.1) is 0 Å². The molecule has 106 valence electrons. The van der Waals surface area contributed by atoms with Gasteiger partial charge in [-0.1, -0.05) is 84.7 Å². The Morgan fingerprint density at radius 1 is 0.889 bits per heavy atom. The van der Waals surface area contributed by atoms with E-state index in [0.29, 0.717) is 12.8 Å². The number of carboxylic acids is 2. The molecular weight excluding hydrogens is 462 g/mol. The Labute approximate surface area is 135 Å². The Balaban J connectivity index is 5.34. The summed E-state index contributed by atoms with van der Waals surface area (Å²) < 4.78 is -2.50. The zero-order valence-corrected chi connectivity index (χ0v) is 15.0. The summed E-state index contributed by atoms with van der Waals surface area (Å²) >= 11 is 3.67. The van der Waals surface area contributed by atoms with Crippen molar-refractivity contribution >= 4 is 57.1 Å². The van der Waals surface area contributed by atoms with E-state index in [1.165, 1.54) is 0 Å². The zero-order chi connectivity index (χ0) is 14.4. The lowest BCUT2D eigenvalue weighted by Gasteiger charge is -2.37. The van der Waals surface area contributed by atoms with Crippen LogP contribution >= 0.6 is 45.2 Å². The van der Waals surface area contributed by atoms with Gasteiger partial charge in [0, 0.05) is 0 Å². The number of alkyl halides is 2. The van der Waals surface area contributed by atoms with Crippen LogP contribution in [-0.2, 0) is 9.59 Å². The quantitative estimate of drug-likeness (QED) is 0.387. The normalized spacial score (nSPS) is 17.8. The minimum atomic E-state index is -1.25. The molecule has 0 heterocycles. The predicted octanol–water partition coefficient (Wildman–Crippen LogP) is 3.88. The van der Waals surface area contributed by atoms with Gasteiger partial charge >= 0.3 is 11.9 Å². The van der Waals surface area contributed by atoms with E-state index in [-0.39, 0.29) is 0 Å². The van der Waals surface area contributed by atoms with Crippen LogP contribution in [0.2, 0.25) is 0 Å². The van der Waals surface area contributed by atoms with Gasteiger partial charge in [0.25, 0.3) is 0 Å². The summed E-state index contributed by atoms with van der Waals surface area (Å²) in [6.07, 6.45) is 3.94. The van der Waals surface area contributed by atoms with Crippen molar-refractivity contribution in [2.75, 3.05) is 0 Å². The lowest BCUT2D eigenvalue weighted by atomic mass is 9.84. The summed E-state index contributed by atoms with van der Waals surface area (Å²) in [5.41, 5.74) is 0. The average molecular weight is 482 g/mol. The first-order valence-electron chi connectivity index (χ1n) is 6.10. The molecule has 0 spiro atoms. The van der Waals surface area contributed by atoms with Gasteiger partial charge in [-0.15, -0.1) is 0 Å². The maximum atomic E-state index is 11.6. The summed E-state index contributed by atoms with van der Waals surface area (Å²) in [6, 6.07) is 0. The van der Waals surface area contributed by atoms with Crippen LogP contribution in [0.5, 0.6) is 0 Å². The number of unbranched alkanes of at least 4 members (excludes halogenated alkanes) is 2. The van der Waals surface area contributed by atoms with Gasteiger partial charge in [0.2, 0.25) is 0 Å². The lowest BCUT2D eigenvalue weighted by molar-refractivity contribution is -0.148. The Bertz CT molecular complexity index is 278. The molecular formula is C12H20I2O4. The molecule has 2 N–H and O–H groups in total. The van der Waals surface area contributed by atoms with Crippen LogP contribution in [0, 0.1) is 0 Å². The number of hydrogen-bond donors (Lipinski definition) is 2. The van der Waals surface area contributed by atoms with Crippen LogP contribution in [0.3, 0.4) is 0 Å². The highest BCUT2D eigenvalue weighted by Crippen LogP contribution is 2.47. The number of aliphatic carboxylic acids is 2. The molecule has 0 bridgehead atoms. The van der Waals surface area contributed by atoms with Crippen molar-refractivity contribution in [3.8, 4) is 0 Å². The first-order chi connectivity index (χ1) is 8.26. The summed E-state index contributed by atoms with van der Waals surface area (Å²) in [6.45, 7) is 3.95. The van der Waals surface area contributed by atoms with E-state index in [1.807, 2.05) is 59.0 Å². The van der Waals surface area contributed by atoms with Crippen LogP contribution in [0.15, 0.2) is 0 Å². The minimum absolute atomic E-state index is 0.387. The van der Waals surface area contributed by atoms with E-state index in [9.17, 15) is 19.8 Å². The molecule has 0 aromatic carbocycles. The third-order valence-corrected chi connectivity index (χ3v) is 7.93. The zero-order valence-electron chi connectivity index (χ0n) is 10.7. The molecule has 0 rings (SSSR count). The fourth-order valence-corrected chi connectivity index (χ4v) is 3.55. The number of rotatable bonds is 9. The van der Waals surface area contributed by atoms with Crippen molar-refractivity contribution in [2.24, 2.45) is 0 Å². The van der Waals surface area contributed by atoms with Crippen molar-refractivity contribution in [3.05, 3.63) is 0 Å². The Kier molecular flexibility index (Phi) is 8.04. The molecule has 0 amide bonds. The van der Waals surface area contributed by atoms with E-state index >= 15 is 0 Å². The molecule has 6 heteroatoms. The van der Waals surface area contributed by atoms with Gasteiger partial charge in [-0.3, -0.25) is 9.59 Å². The molecule has 2 atom stereocenters. The molecule has 0 aromatic rings. The van der Waals surface area contributed by atoms with Crippen molar-refractivity contribution in [1.82, 2.24) is 0 Å². The highest BCUT2D eigenvalue weighted by molar-refractivity contribution is 14.1. The molecule has 0 aliphatic carbocycles. The number of halogens is 2. The third kappa shape index (κ3) is 3.94. The van der Waals surface area contributed by atoms with Gasteiger partial charge in [-0.25, -0.2) is 0 Å². The van der Waals surface area contributed by atoms with Crippen molar-refractivity contribution in [3.63, 3.8) is 0 Å². The molecule has 0 aliphatic heterocycles. The fraction of sp³-hybridized carbons (Fsp3) is 0.833. The highest BCUT2D eigenvalue weighted by Gasteiger charge is 2.57. The van der Waals surface area contributed by atoms with Crippen LogP contribution < -0.4 is 0 Å². The smallest absolute Gasteiger partial charge is 0.321 e. The summed E-state index contributed by atoms with van der Waals surface area (Å²) in [7, 11) is 0. The van der Waals surface area contributed by atoms with Crippen molar-refractivity contribution in [2.45, 2.75) is 59.2 Å².